The lowest BCUT2D eigenvalue weighted by atomic mass is 10.1. The number of nitro benzene ring substituents is 1. The summed E-state index contributed by atoms with van der Waals surface area (Å²) in [5.41, 5.74) is 1.04. The molecule has 36 heavy (non-hydrogen) atoms. The normalized spacial score (nSPS) is 10.9. The molecule has 0 unspecified atom stereocenters. The van der Waals surface area contributed by atoms with Crippen LogP contribution in [0.1, 0.15) is 11.1 Å². The van der Waals surface area contributed by atoms with Gasteiger partial charge in [0.1, 0.15) is 23.9 Å². The molecule has 0 heterocycles. The number of carbonyl (C=O) groups is 1. The number of rotatable bonds is 8. The van der Waals surface area contributed by atoms with Crippen molar-refractivity contribution in [1.29, 1.82) is 5.26 Å². The zero-order valence-corrected chi connectivity index (χ0v) is 19.3. The first-order valence-corrected chi connectivity index (χ1v) is 10.9. The van der Waals surface area contributed by atoms with Crippen LogP contribution in [0.5, 0.6) is 11.5 Å². The number of ether oxygens (including phenoxy) is 2. The van der Waals surface area contributed by atoms with E-state index in [0.717, 1.165) is 16.3 Å². The number of para-hydroxylation sites is 2. The van der Waals surface area contributed by atoms with Gasteiger partial charge in [0.2, 0.25) is 0 Å². The number of nitrogens with zero attached hydrogens (tertiary/aromatic N) is 2. The number of fused-ring (bicyclic) bond motifs is 1. The van der Waals surface area contributed by atoms with E-state index in [2.05, 4.69) is 5.32 Å². The van der Waals surface area contributed by atoms with Gasteiger partial charge in [-0.3, -0.25) is 14.9 Å². The summed E-state index contributed by atoms with van der Waals surface area (Å²) in [7, 11) is 1.52. The van der Waals surface area contributed by atoms with Gasteiger partial charge >= 0.3 is 0 Å². The van der Waals surface area contributed by atoms with E-state index in [1.807, 2.05) is 48.5 Å². The van der Waals surface area contributed by atoms with Crippen molar-refractivity contribution in [2.75, 3.05) is 12.4 Å². The summed E-state index contributed by atoms with van der Waals surface area (Å²) in [6.07, 6.45) is 1.38. The van der Waals surface area contributed by atoms with Crippen LogP contribution in [0.15, 0.2) is 90.5 Å². The number of carbonyl (C=O) groups excluding carboxylic acids is 1. The number of hydrogen-bond acceptors (Lipinski definition) is 6. The average Bonchev–Trinajstić information content (AvgIpc) is 2.90. The van der Waals surface area contributed by atoms with E-state index >= 15 is 0 Å². The van der Waals surface area contributed by atoms with Crippen LogP contribution in [-0.2, 0) is 11.4 Å². The SMILES string of the molecule is COc1ccc(/C=C(\C#N)C(=O)Nc2ccccc2[N+](=O)[O-])cc1OCc1cccc2ccccc12. The Kier molecular flexibility index (Phi) is 7.22. The molecule has 8 nitrogen and oxygen atoms in total. The Morgan fingerprint density at radius 3 is 2.56 bits per heavy atom. The molecule has 4 aromatic carbocycles. The van der Waals surface area contributed by atoms with E-state index in [0.29, 0.717) is 17.1 Å². The Bertz CT molecular complexity index is 1520. The molecule has 0 radical (unpaired) electrons. The Balaban J connectivity index is 1.58. The van der Waals surface area contributed by atoms with Gasteiger partial charge in [-0.05, 0) is 46.2 Å². The molecule has 0 saturated carbocycles. The lowest BCUT2D eigenvalue weighted by Crippen LogP contribution is -2.14. The molecule has 0 bridgehead atoms. The van der Waals surface area contributed by atoms with Gasteiger partial charge in [0.05, 0.1) is 12.0 Å². The summed E-state index contributed by atoms with van der Waals surface area (Å²) >= 11 is 0. The van der Waals surface area contributed by atoms with Gasteiger partial charge in [0.25, 0.3) is 11.6 Å². The Labute approximate surface area is 207 Å². The van der Waals surface area contributed by atoms with E-state index in [1.165, 1.54) is 31.4 Å². The molecule has 0 aliphatic rings. The lowest BCUT2D eigenvalue weighted by molar-refractivity contribution is -0.383. The molecule has 0 aliphatic heterocycles. The van der Waals surface area contributed by atoms with Crippen LogP contribution < -0.4 is 14.8 Å². The molecule has 178 valence electrons. The summed E-state index contributed by atoms with van der Waals surface area (Å²) in [5.74, 6) is 0.173. The number of amides is 1. The Hall–Kier alpha value is -5.16. The quantitative estimate of drug-likeness (QED) is 0.146. The topological polar surface area (TPSA) is 114 Å². The molecular formula is C28H21N3O5. The number of hydrogen-bond donors (Lipinski definition) is 1. The summed E-state index contributed by atoms with van der Waals surface area (Å²) in [6.45, 7) is 0.286. The van der Waals surface area contributed by atoms with Crippen molar-refractivity contribution in [3.05, 3.63) is 112 Å². The van der Waals surface area contributed by atoms with Crippen LogP contribution in [0.4, 0.5) is 11.4 Å². The fourth-order valence-electron chi connectivity index (χ4n) is 3.71. The minimum Gasteiger partial charge on any atom is -0.493 e. The highest BCUT2D eigenvalue weighted by Gasteiger charge is 2.17. The van der Waals surface area contributed by atoms with Crippen LogP contribution in [0.25, 0.3) is 16.8 Å². The van der Waals surface area contributed by atoms with Gasteiger partial charge in [0, 0.05) is 6.07 Å². The fraction of sp³-hybridized carbons (Fsp3) is 0.0714. The third kappa shape index (κ3) is 5.32. The predicted molar refractivity (Wildman–Crippen MR) is 137 cm³/mol. The fourth-order valence-corrected chi connectivity index (χ4v) is 3.71. The third-order valence-corrected chi connectivity index (χ3v) is 5.48. The van der Waals surface area contributed by atoms with Crippen molar-refractivity contribution >= 4 is 34.1 Å². The van der Waals surface area contributed by atoms with Crippen LogP contribution in [0.3, 0.4) is 0 Å². The summed E-state index contributed by atoms with van der Waals surface area (Å²) in [6, 6.07) is 26.6. The third-order valence-electron chi connectivity index (χ3n) is 5.48. The molecule has 0 saturated heterocycles. The van der Waals surface area contributed by atoms with Crippen molar-refractivity contribution in [1.82, 2.24) is 0 Å². The highest BCUT2D eigenvalue weighted by molar-refractivity contribution is 6.10. The zero-order chi connectivity index (χ0) is 25.5. The smallest absolute Gasteiger partial charge is 0.292 e. The van der Waals surface area contributed by atoms with Crippen LogP contribution in [0, 0.1) is 21.4 Å². The van der Waals surface area contributed by atoms with Crippen molar-refractivity contribution < 1.29 is 19.2 Å². The molecule has 1 amide bonds. The number of benzene rings is 4. The standard InChI is InChI=1S/C28H21N3O5/c1-35-26-14-13-19(15-22(17-29)28(32)30-24-11-4-5-12-25(24)31(33)34)16-27(26)36-18-21-9-6-8-20-7-2-3-10-23(20)21/h2-16H,18H2,1H3,(H,30,32)/b22-15+. The summed E-state index contributed by atoms with van der Waals surface area (Å²) in [4.78, 5) is 23.3. The molecule has 1 N–H and O–H groups in total. The molecule has 4 aromatic rings. The van der Waals surface area contributed by atoms with Crippen LogP contribution >= 0.6 is 0 Å². The molecular weight excluding hydrogens is 458 g/mol. The Morgan fingerprint density at radius 1 is 1.03 bits per heavy atom. The van der Waals surface area contributed by atoms with Crippen molar-refractivity contribution in [2.24, 2.45) is 0 Å². The highest BCUT2D eigenvalue weighted by atomic mass is 16.6. The van der Waals surface area contributed by atoms with Crippen LogP contribution in [-0.4, -0.2) is 17.9 Å². The Morgan fingerprint density at radius 2 is 1.78 bits per heavy atom. The monoisotopic (exact) mass is 479 g/mol. The van der Waals surface area contributed by atoms with Crippen LogP contribution in [0.2, 0.25) is 0 Å². The molecule has 0 aromatic heterocycles. The average molecular weight is 479 g/mol. The maximum Gasteiger partial charge on any atom is 0.292 e. The lowest BCUT2D eigenvalue weighted by Gasteiger charge is -2.13. The van der Waals surface area contributed by atoms with Gasteiger partial charge in [0.15, 0.2) is 11.5 Å². The van der Waals surface area contributed by atoms with E-state index in [-0.39, 0.29) is 23.6 Å². The first-order valence-electron chi connectivity index (χ1n) is 10.9. The van der Waals surface area contributed by atoms with E-state index in [1.54, 1.807) is 24.3 Å². The predicted octanol–water partition coefficient (Wildman–Crippen LogP) is 5.88. The largest absolute Gasteiger partial charge is 0.493 e. The molecule has 8 heteroatoms. The highest BCUT2D eigenvalue weighted by Crippen LogP contribution is 2.31. The molecule has 0 atom stereocenters. The molecule has 4 rings (SSSR count). The number of nitriles is 1. The van der Waals surface area contributed by atoms with Gasteiger partial charge in [-0.25, -0.2) is 0 Å². The number of methoxy groups -OCH3 is 1. The second kappa shape index (κ2) is 10.8. The van der Waals surface area contributed by atoms with Gasteiger partial charge < -0.3 is 14.8 Å². The molecule has 0 spiro atoms. The molecule has 0 fully saturated rings. The van der Waals surface area contributed by atoms with Gasteiger partial charge in [-0.1, -0.05) is 60.7 Å². The van der Waals surface area contributed by atoms with Crippen molar-refractivity contribution in [3.63, 3.8) is 0 Å². The van der Waals surface area contributed by atoms with Crippen molar-refractivity contribution in [3.8, 4) is 17.6 Å². The minimum atomic E-state index is -0.763. The van der Waals surface area contributed by atoms with Crippen molar-refractivity contribution in [2.45, 2.75) is 6.61 Å². The molecule has 0 aliphatic carbocycles. The van der Waals surface area contributed by atoms with Gasteiger partial charge in [-0.15, -0.1) is 0 Å². The maximum atomic E-state index is 12.7. The van der Waals surface area contributed by atoms with E-state index < -0.39 is 10.8 Å². The summed E-state index contributed by atoms with van der Waals surface area (Å²) < 4.78 is 11.5. The maximum absolute atomic E-state index is 12.7. The number of nitro groups is 1. The first-order chi connectivity index (χ1) is 17.5. The summed E-state index contributed by atoms with van der Waals surface area (Å²) in [5, 5.41) is 25.4. The minimum absolute atomic E-state index is 0.00231. The number of nitrogens with one attached hydrogen (secondary N) is 1. The zero-order valence-electron chi connectivity index (χ0n) is 19.3. The number of anilines is 1. The second-order valence-corrected chi connectivity index (χ2v) is 7.74. The van der Waals surface area contributed by atoms with Gasteiger partial charge in [-0.2, -0.15) is 5.26 Å². The van der Waals surface area contributed by atoms with E-state index in [4.69, 9.17) is 9.47 Å². The second-order valence-electron chi connectivity index (χ2n) is 7.74. The first kappa shape index (κ1) is 24.0. The van der Waals surface area contributed by atoms with E-state index in [9.17, 15) is 20.2 Å².